The van der Waals surface area contributed by atoms with Gasteiger partial charge in [0.05, 0.1) is 19.0 Å². The zero-order valence-electron chi connectivity index (χ0n) is 13.6. The number of thiophene rings is 2. The molecule has 0 spiro atoms. The van der Waals surface area contributed by atoms with Crippen LogP contribution in [0.4, 0.5) is 0 Å². The third kappa shape index (κ3) is 3.26. The predicted octanol–water partition coefficient (Wildman–Crippen LogP) is 2.77. The van der Waals surface area contributed by atoms with Crippen LogP contribution in [0.3, 0.4) is 0 Å². The predicted molar refractivity (Wildman–Crippen MR) is 95.8 cm³/mol. The van der Waals surface area contributed by atoms with Crippen LogP contribution in [0.15, 0.2) is 22.3 Å². The number of rotatable bonds is 5. The first-order valence-corrected chi connectivity index (χ1v) is 9.00. The van der Waals surface area contributed by atoms with Crippen LogP contribution in [0.25, 0.3) is 10.2 Å². The largest absolute Gasteiger partial charge is 0.465 e. The van der Waals surface area contributed by atoms with Gasteiger partial charge in [-0.25, -0.2) is 9.78 Å². The molecule has 3 aromatic heterocycles. The van der Waals surface area contributed by atoms with Crippen LogP contribution in [0, 0.1) is 6.92 Å². The summed E-state index contributed by atoms with van der Waals surface area (Å²) >= 11 is 2.89. The number of nitrogens with zero attached hydrogens (tertiary/aromatic N) is 2. The normalized spacial score (nSPS) is 11.3. The number of H-pyrrole nitrogens is 1. The Morgan fingerprint density at radius 1 is 1.42 bits per heavy atom. The topological polar surface area (TPSA) is 75.3 Å². The minimum Gasteiger partial charge on any atom is -0.465 e. The summed E-state index contributed by atoms with van der Waals surface area (Å²) in [5, 5.41) is 2.50. The maximum atomic E-state index is 12.4. The van der Waals surface area contributed by atoms with Gasteiger partial charge in [-0.05, 0) is 31.0 Å². The molecule has 0 fully saturated rings. The molecular weight excluding hydrogens is 346 g/mol. The molecule has 0 radical (unpaired) electrons. The highest BCUT2D eigenvalue weighted by molar-refractivity contribution is 7.20. The fraction of sp³-hybridized carbons (Fsp3) is 0.312. The van der Waals surface area contributed by atoms with Crippen molar-refractivity contribution in [1.82, 2.24) is 14.9 Å². The molecule has 3 aromatic rings. The van der Waals surface area contributed by atoms with Gasteiger partial charge in [0.15, 0.2) is 0 Å². The Morgan fingerprint density at radius 3 is 2.88 bits per heavy atom. The van der Waals surface area contributed by atoms with E-state index in [9.17, 15) is 9.59 Å². The van der Waals surface area contributed by atoms with Gasteiger partial charge in [-0.1, -0.05) is 6.07 Å². The fourth-order valence-corrected chi connectivity index (χ4v) is 4.43. The lowest BCUT2D eigenvalue weighted by atomic mass is 10.2. The van der Waals surface area contributed by atoms with Crippen molar-refractivity contribution in [2.24, 2.45) is 0 Å². The van der Waals surface area contributed by atoms with Gasteiger partial charge < -0.3 is 9.72 Å². The average molecular weight is 363 g/mol. The summed E-state index contributed by atoms with van der Waals surface area (Å²) < 4.78 is 4.76. The van der Waals surface area contributed by atoms with Crippen LogP contribution in [-0.4, -0.2) is 35.0 Å². The molecule has 126 valence electrons. The summed E-state index contributed by atoms with van der Waals surface area (Å²) in [5.41, 5.74) is 0.400. The number of methoxy groups -OCH3 is 1. The zero-order chi connectivity index (χ0) is 17.3. The second-order valence-electron chi connectivity index (χ2n) is 5.49. The zero-order valence-corrected chi connectivity index (χ0v) is 15.2. The average Bonchev–Trinajstić information content (AvgIpc) is 3.14. The summed E-state index contributed by atoms with van der Waals surface area (Å²) in [6.45, 7) is 3.05. The van der Waals surface area contributed by atoms with Crippen molar-refractivity contribution >= 4 is 38.9 Å². The molecule has 24 heavy (non-hydrogen) atoms. The third-order valence-corrected chi connectivity index (χ3v) is 5.67. The molecule has 0 bridgehead atoms. The lowest BCUT2D eigenvalue weighted by Crippen LogP contribution is -2.21. The maximum absolute atomic E-state index is 12.4. The first-order chi connectivity index (χ1) is 11.5. The number of hydrogen-bond acceptors (Lipinski definition) is 7. The molecule has 0 aliphatic carbocycles. The van der Waals surface area contributed by atoms with Crippen molar-refractivity contribution in [3.8, 4) is 0 Å². The molecule has 6 nitrogen and oxygen atoms in total. The van der Waals surface area contributed by atoms with Gasteiger partial charge in [0, 0.05) is 11.4 Å². The number of carbonyl (C=O) groups excluding carboxylic acids is 1. The van der Waals surface area contributed by atoms with Crippen LogP contribution >= 0.6 is 22.7 Å². The van der Waals surface area contributed by atoms with Crippen molar-refractivity contribution in [2.45, 2.75) is 20.0 Å². The number of carbonyl (C=O) groups is 1. The second kappa shape index (κ2) is 6.84. The van der Waals surface area contributed by atoms with Crippen LogP contribution in [0.5, 0.6) is 0 Å². The molecule has 8 heteroatoms. The number of esters is 1. The van der Waals surface area contributed by atoms with Gasteiger partial charge in [-0.15, -0.1) is 22.7 Å². The standard InChI is InChI=1S/C16H17N3O3S2/c1-9-12-14(20)17-11(8-19(2)7-10-5-4-6-23-10)18-15(12)24-13(9)16(21)22-3/h4-6H,7-8H2,1-3H3,(H,17,18,20). The molecular formula is C16H17N3O3S2. The molecule has 0 unspecified atom stereocenters. The van der Waals surface area contributed by atoms with E-state index in [1.165, 1.54) is 23.3 Å². The molecule has 0 aliphatic heterocycles. The Morgan fingerprint density at radius 2 is 2.21 bits per heavy atom. The molecule has 0 amide bonds. The first-order valence-electron chi connectivity index (χ1n) is 7.31. The van der Waals surface area contributed by atoms with Crippen molar-refractivity contribution in [2.75, 3.05) is 14.2 Å². The van der Waals surface area contributed by atoms with Gasteiger partial charge in [-0.2, -0.15) is 0 Å². The van der Waals surface area contributed by atoms with E-state index >= 15 is 0 Å². The number of aryl methyl sites for hydroxylation is 1. The Bertz CT molecular complexity index is 928. The lowest BCUT2D eigenvalue weighted by Gasteiger charge is -2.14. The van der Waals surface area contributed by atoms with Gasteiger partial charge in [0.1, 0.15) is 15.5 Å². The van der Waals surface area contributed by atoms with E-state index in [4.69, 9.17) is 4.74 Å². The Kier molecular flexibility index (Phi) is 4.79. The minimum absolute atomic E-state index is 0.219. The van der Waals surface area contributed by atoms with E-state index in [1.807, 2.05) is 18.5 Å². The van der Waals surface area contributed by atoms with Gasteiger partial charge in [-0.3, -0.25) is 9.69 Å². The fourth-order valence-electron chi connectivity index (χ4n) is 2.53. The van der Waals surface area contributed by atoms with E-state index < -0.39 is 5.97 Å². The van der Waals surface area contributed by atoms with Crippen molar-refractivity contribution in [3.05, 3.63) is 49.0 Å². The van der Waals surface area contributed by atoms with Crippen LogP contribution in [-0.2, 0) is 17.8 Å². The molecule has 0 aliphatic rings. The van der Waals surface area contributed by atoms with E-state index in [0.717, 1.165) is 6.54 Å². The Balaban J connectivity index is 1.90. The SMILES string of the molecule is COC(=O)c1sc2nc(CN(C)Cc3cccs3)[nH]c(=O)c2c1C. The summed E-state index contributed by atoms with van der Waals surface area (Å²) in [4.78, 5) is 35.8. The molecule has 3 heterocycles. The summed E-state index contributed by atoms with van der Waals surface area (Å²) in [6, 6.07) is 4.09. The second-order valence-corrected chi connectivity index (χ2v) is 7.52. The number of hydrogen-bond donors (Lipinski definition) is 1. The van der Waals surface area contributed by atoms with E-state index in [-0.39, 0.29) is 5.56 Å². The van der Waals surface area contributed by atoms with Gasteiger partial charge in [0.2, 0.25) is 0 Å². The number of aromatic nitrogens is 2. The van der Waals surface area contributed by atoms with Crippen LogP contribution in [0.1, 0.15) is 25.9 Å². The number of aromatic amines is 1. The monoisotopic (exact) mass is 363 g/mol. The van der Waals surface area contributed by atoms with Crippen molar-refractivity contribution in [1.29, 1.82) is 0 Å². The quantitative estimate of drug-likeness (QED) is 0.706. The van der Waals surface area contributed by atoms with Crippen LogP contribution < -0.4 is 5.56 Å². The molecule has 0 saturated carbocycles. The molecule has 0 atom stereocenters. The van der Waals surface area contributed by atoms with Crippen molar-refractivity contribution in [3.63, 3.8) is 0 Å². The van der Waals surface area contributed by atoms with E-state index in [1.54, 1.807) is 18.3 Å². The smallest absolute Gasteiger partial charge is 0.348 e. The molecule has 0 aromatic carbocycles. The van der Waals surface area contributed by atoms with Crippen molar-refractivity contribution < 1.29 is 9.53 Å². The van der Waals surface area contributed by atoms with E-state index in [2.05, 4.69) is 20.9 Å². The molecule has 0 saturated heterocycles. The third-order valence-electron chi connectivity index (χ3n) is 3.65. The number of ether oxygens (including phenoxy) is 1. The van der Waals surface area contributed by atoms with E-state index in [0.29, 0.717) is 33.0 Å². The highest BCUT2D eigenvalue weighted by Gasteiger charge is 2.20. The molecule has 3 rings (SSSR count). The number of nitrogens with one attached hydrogen (secondary N) is 1. The van der Waals surface area contributed by atoms with Gasteiger partial charge in [0.25, 0.3) is 5.56 Å². The minimum atomic E-state index is -0.439. The number of fused-ring (bicyclic) bond motifs is 1. The van der Waals surface area contributed by atoms with Gasteiger partial charge >= 0.3 is 5.97 Å². The lowest BCUT2D eigenvalue weighted by molar-refractivity contribution is 0.0605. The Labute approximate surface area is 146 Å². The molecule has 1 N–H and O–H groups in total. The Hall–Kier alpha value is -2.03. The summed E-state index contributed by atoms with van der Waals surface area (Å²) in [5.74, 6) is 0.149. The summed E-state index contributed by atoms with van der Waals surface area (Å²) in [7, 11) is 3.30. The highest BCUT2D eigenvalue weighted by atomic mass is 32.1. The maximum Gasteiger partial charge on any atom is 0.348 e. The summed E-state index contributed by atoms with van der Waals surface area (Å²) in [6.07, 6.45) is 0. The van der Waals surface area contributed by atoms with Crippen LogP contribution in [0.2, 0.25) is 0 Å². The highest BCUT2D eigenvalue weighted by Crippen LogP contribution is 2.27. The first kappa shape index (κ1) is 16.8.